The van der Waals surface area contributed by atoms with Crippen molar-refractivity contribution in [3.8, 4) is 11.1 Å². The Hall–Kier alpha value is -6.94. The minimum atomic E-state index is 0.0276. The maximum absolute atomic E-state index is 2.66. The maximum Gasteiger partial charge on any atom is 0.0640 e. The summed E-state index contributed by atoms with van der Waals surface area (Å²) < 4.78 is 2.62. The number of hydrogen-bond donors (Lipinski definition) is 0. The van der Waals surface area contributed by atoms with Crippen molar-refractivity contribution in [2.45, 2.75) is 37.5 Å². The van der Waals surface area contributed by atoms with Crippen molar-refractivity contribution in [3.63, 3.8) is 0 Å². The lowest BCUT2D eigenvalue weighted by atomic mass is 9.43. The van der Waals surface area contributed by atoms with Crippen LogP contribution in [0.1, 0.15) is 43.2 Å². The highest BCUT2D eigenvalue weighted by Gasteiger charge is 2.62. The molecule has 5 aliphatic carbocycles. The Bertz CT molecular complexity index is 3670. The molecule has 0 saturated heterocycles. The molecule has 4 bridgehead atoms. The van der Waals surface area contributed by atoms with E-state index in [9.17, 15) is 0 Å². The fourth-order valence-corrected chi connectivity index (χ4v) is 15.6. The lowest BCUT2D eigenvalue weighted by molar-refractivity contribution is -0.0397. The normalized spacial score (nSPS) is 21.6. The summed E-state index contributed by atoms with van der Waals surface area (Å²) >= 11 is 1.89. The van der Waals surface area contributed by atoms with E-state index in [2.05, 4.69) is 204 Å². The molecule has 0 radical (unpaired) electrons. The average molecular weight is 851 g/mol. The van der Waals surface area contributed by atoms with Crippen molar-refractivity contribution < 1.29 is 0 Å². The van der Waals surface area contributed by atoms with Gasteiger partial charge in [0.2, 0.25) is 0 Å². The standard InChI is InChI=1S/C62H46N2S/c1-3-13-44(14-4-1)63(55-22-11-19-48-46-17-7-9-21-52(46)62(60(48)55)42-34-38-33-39(36-42)37-43(62)35-38)53-31-27-40-26-30-51-54(32-28-41-25-29-50(53)58(40)59(41)51)64(45-15-5-2-6-16-45)56-23-12-20-49-47-18-8-10-24-57(47)65-61(49)56/h1-32,38-39,42-43H,33-37H2. The van der Waals surface area contributed by atoms with Gasteiger partial charge in [-0.25, -0.2) is 0 Å². The Labute approximate surface area is 383 Å². The number of rotatable bonds is 6. The van der Waals surface area contributed by atoms with Gasteiger partial charge in [0, 0.05) is 43.0 Å². The van der Waals surface area contributed by atoms with Gasteiger partial charge in [0.15, 0.2) is 0 Å². The summed E-state index contributed by atoms with van der Waals surface area (Å²) in [4.78, 5) is 5.17. The summed E-state index contributed by atoms with van der Waals surface area (Å²) in [5, 5.41) is 10.3. The second-order valence-corrected chi connectivity index (χ2v) is 20.7. The van der Waals surface area contributed by atoms with Gasteiger partial charge in [0.05, 0.1) is 27.4 Å². The molecule has 2 nitrogen and oxygen atoms in total. The van der Waals surface area contributed by atoms with Gasteiger partial charge in [-0.2, -0.15) is 0 Å². The Morgan fingerprint density at radius 3 is 1.58 bits per heavy atom. The molecule has 4 saturated carbocycles. The number of hydrogen-bond acceptors (Lipinski definition) is 3. The third kappa shape index (κ3) is 4.94. The molecular weight excluding hydrogens is 805 g/mol. The third-order valence-corrected chi connectivity index (χ3v) is 17.7. The minimum absolute atomic E-state index is 0.0276. The second kappa shape index (κ2) is 13.5. The van der Waals surface area contributed by atoms with Crippen LogP contribution in [0.3, 0.4) is 0 Å². The largest absolute Gasteiger partial charge is 0.310 e. The molecule has 3 heteroatoms. The van der Waals surface area contributed by atoms with Crippen LogP contribution < -0.4 is 9.80 Å². The summed E-state index contributed by atoms with van der Waals surface area (Å²) in [7, 11) is 0. The molecule has 310 valence electrons. The molecular formula is C62H46N2S. The highest BCUT2D eigenvalue weighted by Crippen LogP contribution is 2.71. The minimum Gasteiger partial charge on any atom is -0.310 e. The molecule has 1 heterocycles. The van der Waals surface area contributed by atoms with E-state index in [0.717, 1.165) is 17.5 Å². The van der Waals surface area contributed by atoms with Crippen molar-refractivity contribution in [2.75, 3.05) is 9.80 Å². The molecule has 10 aromatic carbocycles. The molecule has 0 N–H and O–H groups in total. The van der Waals surface area contributed by atoms with Crippen LogP contribution in [0.2, 0.25) is 0 Å². The summed E-state index contributed by atoms with van der Waals surface area (Å²) in [6.07, 6.45) is 6.89. The molecule has 5 aliphatic rings. The Morgan fingerprint density at radius 2 is 0.908 bits per heavy atom. The van der Waals surface area contributed by atoms with Gasteiger partial charge in [0.1, 0.15) is 0 Å². The highest BCUT2D eigenvalue weighted by molar-refractivity contribution is 7.26. The average Bonchev–Trinajstić information content (AvgIpc) is 3.89. The van der Waals surface area contributed by atoms with Gasteiger partial charge in [0.25, 0.3) is 0 Å². The van der Waals surface area contributed by atoms with Crippen LogP contribution in [-0.4, -0.2) is 0 Å². The van der Waals surface area contributed by atoms with Gasteiger partial charge >= 0.3 is 0 Å². The number of thiophene rings is 1. The first-order valence-corrected chi connectivity index (χ1v) is 24.6. The van der Waals surface area contributed by atoms with Crippen LogP contribution in [0.25, 0.3) is 63.6 Å². The lowest BCUT2D eigenvalue weighted by Crippen LogP contribution is -2.55. The molecule has 0 aliphatic heterocycles. The monoisotopic (exact) mass is 850 g/mol. The maximum atomic E-state index is 2.66. The molecule has 1 spiro atoms. The van der Waals surface area contributed by atoms with Gasteiger partial charge in [-0.05, 0) is 154 Å². The van der Waals surface area contributed by atoms with Crippen molar-refractivity contribution in [2.24, 2.45) is 23.7 Å². The second-order valence-electron chi connectivity index (χ2n) is 19.6. The number of anilines is 6. The summed E-state index contributed by atoms with van der Waals surface area (Å²) in [5.41, 5.74) is 13.5. The van der Waals surface area contributed by atoms with Crippen molar-refractivity contribution in [1.82, 2.24) is 0 Å². The van der Waals surface area contributed by atoms with E-state index in [0.29, 0.717) is 11.8 Å². The van der Waals surface area contributed by atoms with Crippen molar-refractivity contribution in [1.29, 1.82) is 0 Å². The fraction of sp³-hybridized carbons (Fsp3) is 0.161. The van der Waals surface area contributed by atoms with Gasteiger partial charge < -0.3 is 9.80 Å². The van der Waals surface area contributed by atoms with Crippen molar-refractivity contribution >= 4 is 98.0 Å². The molecule has 1 aromatic heterocycles. The summed E-state index contributed by atoms with van der Waals surface area (Å²) in [5.74, 6) is 3.11. The van der Waals surface area contributed by atoms with Crippen LogP contribution in [0.4, 0.5) is 34.1 Å². The first-order chi connectivity index (χ1) is 32.2. The molecule has 65 heavy (non-hydrogen) atoms. The van der Waals surface area contributed by atoms with Gasteiger partial charge in [-0.1, -0.05) is 140 Å². The van der Waals surface area contributed by atoms with Gasteiger partial charge in [-0.15, -0.1) is 11.3 Å². The number of benzene rings is 10. The van der Waals surface area contributed by atoms with Crippen LogP contribution >= 0.6 is 11.3 Å². The van der Waals surface area contributed by atoms with Crippen LogP contribution in [0.5, 0.6) is 0 Å². The predicted molar refractivity (Wildman–Crippen MR) is 276 cm³/mol. The zero-order valence-corrected chi connectivity index (χ0v) is 36.9. The fourth-order valence-electron chi connectivity index (χ4n) is 14.4. The summed E-state index contributed by atoms with van der Waals surface area (Å²) in [6.45, 7) is 0. The predicted octanol–water partition coefficient (Wildman–Crippen LogP) is 17.6. The zero-order chi connectivity index (χ0) is 42.4. The number of fused-ring (bicyclic) bond motifs is 6. The van der Waals surface area contributed by atoms with E-state index in [4.69, 9.17) is 0 Å². The van der Waals surface area contributed by atoms with E-state index in [-0.39, 0.29) is 5.41 Å². The van der Waals surface area contributed by atoms with Crippen molar-refractivity contribution in [3.05, 3.63) is 205 Å². The number of para-hydroxylation sites is 2. The summed E-state index contributed by atoms with van der Waals surface area (Å²) in [6, 6.07) is 73.8. The van der Waals surface area contributed by atoms with Crippen LogP contribution in [0.15, 0.2) is 194 Å². The van der Waals surface area contributed by atoms with Crippen LogP contribution in [-0.2, 0) is 5.41 Å². The van der Waals surface area contributed by atoms with E-state index in [1.807, 2.05) is 11.3 Å². The smallest absolute Gasteiger partial charge is 0.0640 e. The lowest BCUT2D eigenvalue weighted by Gasteiger charge is -2.61. The van der Waals surface area contributed by atoms with E-state index < -0.39 is 0 Å². The van der Waals surface area contributed by atoms with E-state index in [1.54, 1.807) is 11.1 Å². The first-order valence-electron chi connectivity index (χ1n) is 23.8. The topological polar surface area (TPSA) is 6.48 Å². The zero-order valence-electron chi connectivity index (χ0n) is 36.1. The van der Waals surface area contributed by atoms with Crippen LogP contribution in [0, 0.1) is 23.7 Å². The quantitative estimate of drug-likeness (QED) is 0.154. The Morgan fingerprint density at radius 1 is 0.385 bits per heavy atom. The molecule has 0 unspecified atom stereocenters. The molecule has 0 atom stereocenters. The SMILES string of the molecule is c1ccc(N(c2cccc3c2C2(c4ccccc4-3)C3CC4CC(C3)CC2C4)c2ccc3ccc4c(N(c5ccccc5)c5cccc6c5sc5ccccc56)ccc5ccc2c3c54)cc1. The van der Waals surface area contributed by atoms with Gasteiger partial charge in [-0.3, -0.25) is 0 Å². The molecule has 11 aromatic rings. The number of nitrogens with zero attached hydrogens (tertiary/aromatic N) is 2. The van der Waals surface area contributed by atoms with E-state index >= 15 is 0 Å². The van der Waals surface area contributed by atoms with E-state index in [1.165, 1.54) is 124 Å². The first kappa shape index (κ1) is 36.4. The molecule has 0 amide bonds. The Kier molecular flexibility index (Phi) is 7.59. The molecule has 16 rings (SSSR count). The highest BCUT2D eigenvalue weighted by atomic mass is 32.1. The molecule has 4 fully saturated rings. The third-order valence-electron chi connectivity index (χ3n) is 16.5. The Balaban J connectivity index is 0.984.